The number of carbonyl (C=O) groups is 1. The number of rotatable bonds is 2. The van der Waals surface area contributed by atoms with Gasteiger partial charge in [-0.1, -0.05) is 12.2 Å². The Kier molecular flexibility index (Phi) is 8.26. The van der Waals surface area contributed by atoms with Crippen molar-refractivity contribution in [3.05, 3.63) is 35.9 Å². The van der Waals surface area contributed by atoms with Crippen LogP contribution in [0.4, 0.5) is 11.9 Å². The average molecular weight is 457 g/mol. The van der Waals surface area contributed by atoms with Crippen LogP contribution in [-0.2, 0) is 4.79 Å². The Balaban J connectivity index is 0.000000181. The van der Waals surface area contributed by atoms with Gasteiger partial charge in [0.1, 0.15) is 0 Å². The summed E-state index contributed by atoms with van der Waals surface area (Å²) < 4.78 is 0. The Bertz CT molecular complexity index is 848. The summed E-state index contributed by atoms with van der Waals surface area (Å²) in [7, 11) is 0. The minimum Gasteiger partial charge on any atom is -0.363 e. The van der Waals surface area contributed by atoms with Crippen molar-refractivity contribution in [2.24, 2.45) is 0 Å². The number of amides is 1. The van der Waals surface area contributed by atoms with Crippen LogP contribution in [0.1, 0.15) is 25.2 Å². The fourth-order valence-electron chi connectivity index (χ4n) is 3.62. The second-order valence-electron chi connectivity index (χ2n) is 7.98. The first-order chi connectivity index (χ1) is 15.3. The molecule has 0 saturated carbocycles. The molecule has 4 heterocycles. The SMILES string of the molecule is CC(=O)N1CCN(c2nccc(C)n2)CC1.CC(=S)N1CCN(c2nccc(C)n2)CC1. The van der Waals surface area contributed by atoms with Crippen LogP contribution in [0, 0.1) is 13.8 Å². The summed E-state index contributed by atoms with van der Waals surface area (Å²) in [6.07, 6.45) is 3.59. The molecule has 0 bridgehead atoms. The maximum atomic E-state index is 11.2. The molecule has 4 rings (SSSR count). The van der Waals surface area contributed by atoms with E-state index in [1.165, 1.54) is 0 Å². The molecule has 2 aromatic rings. The number of hydrogen-bond acceptors (Lipinski definition) is 8. The van der Waals surface area contributed by atoms with Crippen LogP contribution in [0.15, 0.2) is 24.5 Å². The van der Waals surface area contributed by atoms with E-state index in [1.54, 1.807) is 13.1 Å². The largest absolute Gasteiger partial charge is 0.363 e. The Morgan fingerprint density at radius 1 is 0.750 bits per heavy atom. The van der Waals surface area contributed by atoms with Crippen molar-refractivity contribution in [3.8, 4) is 0 Å². The predicted molar refractivity (Wildman–Crippen MR) is 130 cm³/mol. The third kappa shape index (κ3) is 6.56. The highest BCUT2D eigenvalue weighted by atomic mass is 32.1. The van der Waals surface area contributed by atoms with E-state index < -0.39 is 0 Å². The highest BCUT2D eigenvalue weighted by Gasteiger charge is 2.20. The molecule has 2 saturated heterocycles. The third-order valence-corrected chi connectivity index (χ3v) is 5.84. The van der Waals surface area contributed by atoms with Gasteiger partial charge in [0.2, 0.25) is 17.8 Å². The van der Waals surface area contributed by atoms with Crippen molar-refractivity contribution in [3.63, 3.8) is 0 Å². The second kappa shape index (κ2) is 11.1. The molecule has 0 aromatic carbocycles. The van der Waals surface area contributed by atoms with Crippen LogP contribution in [0.5, 0.6) is 0 Å². The predicted octanol–water partition coefficient (Wildman–Crippen LogP) is 1.71. The van der Waals surface area contributed by atoms with Gasteiger partial charge in [0.25, 0.3) is 0 Å². The molecule has 1 amide bonds. The molecule has 2 fully saturated rings. The molecule has 2 aliphatic heterocycles. The van der Waals surface area contributed by atoms with E-state index in [0.29, 0.717) is 0 Å². The highest BCUT2D eigenvalue weighted by Crippen LogP contribution is 2.12. The van der Waals surface area contributed by atoms with Gasteiger partial charge in [-0.2, -0.15) is 0 Å². The summed E-state index contributed by atoms with van der Waals surface area (Å²) in [5.41, 5.74) is 1.98. The zero-order valence-corrected chi connectivity index (χ0v) is 20.2. The van der Waals surface area contributed by atoms with E-state index in [4.69, 9.17) is 12.2 Å². The summed E-state index contributed by atoms with van der Waals surface area (Å²) in [5.74, 6) is 1.75. The number of piperazine rings is 2. The van der Waals surface area contributed by atoms with Crippen molar-refractivity contribution in [2.45, 2.75) is 27.7 Å². The summed E-state index contributed by atoms with van der Waals surface area (Å²) in [4.78, 5) is 37.9. The first-order valence-electron chi connectivity index (χ1n) is 10.9. The third-order valence-electron chi connectivity index (χ3n) is 5.58. The quantitative estimate of drug-likeness (QED) is 0.627. The summed E-state index contributed by atoms with van der Waals surface area (Å²) in [6.45, 7) is 14.5. The molecule has 0 spiro atoms. The maximum absolute atomic E-state index is 11.2. The number of aromatic nitrogens is 4. The number of aryl methyl sites for hydroxylation is 2. The minimum absolute atomic E-state index is 0.143. The molecular weight excluding hydrogens is 424 g/mol. The van der Waals surface area contributed by atoms with Crippen molar-refractivity contribution < 1.29 is 4.79 Å². The average Bonchev–Trinajstić information content (AvgIpc) is 2.80. The van der Waals surface area contributed by atoms with E-state index in [0.717, 1.165) is 80.6 Å². The van der Waals surface area contributed by atoms with E-state index in [1.807, 2.05) is 44.0 Å². The Morgan fingerprint density at radius 3 is 1.50 bits per heavy atom. The van der Waals surface area contributed by atoms with Crippen LogP contribution in [0.25, 0.3) is 0 Å². The first-order valence-corrected chi connectivity index (χ1v) is 11.3. The monoisotopic (exact) mass is 456 g/mol. The normalized spacial score (nSPS) is 16.4. The van der Waals surface area contributed by atoms with Gasteiger partial charge in [0.05, 0.1) is 4.99 Å². The van der Waals surface area contributed by atoms with Gasteiger partial charge in [-0.3, -0.25) is 4.79 Å². The number of nitrogens with zero attached hydrogens (tertiary/aromatic N) is 8. The first kappa shape index (κ1) is 23.8. The summed E-state index contributed by atoms with van der Waals surface area (Å²) in [5, 5.41) is 0. The zero-order valence-electron chi connectivity index (χ0n) is 19.4. The lowest BCUT2D eigenvalue weighted by Gasteiger charge is -2.35. The molecule has 0 aliphatic carbocycles. The van der Waals surface area contributed by atoms with Gasteiger partial charge >= 0.3 is 0 Å². The number of anilines is 2. The van der Waals surface area contributed by atoms with Crippen molar-refractivity contribution in [2.75, 3.05) is 62.2 Å². The molecular formula is C22H32N8OS. The molecule has 10 heteroatoms. The molecule has 2 aliphatic rings. The van der Waals surface area contributed by atoms with Gasteiger partial charge in [0.15, 0.2) is 0 Å². The molecule has 0 N–H and O–H groups in total. The topological polar surface area (TPSA) is 81.6 Å². The lowest BCUT2D eigenvalue weighted by Crippen LogP contribution is -2.48. The van der Waals surface area contributed by atoms with Crippen LogP contribution in [-0.4, -0.2) is 93.0 Å². The van der Waals surface area contributed by atoms with Gasteiger partial charge in [0, 0.05) is 83.1 Å². The Labute approximate surface area is 195 Å². The van der Waals surface area contributed by atoms with Gasteiger partial charge in [-0.15, -0.1) is 0 Å². The van der Waals surface area contributed by atoms with Crippen molar-refractivity contribution >= 4 is 35.0 Å². The number of thiocarbonyl (C=S) groups is 1. The van der Waals surface area contributed by atoms with Gasteiger partial charge in [-0.05, 0) is 32.9 Å². The molecule has 9 nitrogen and oxygen atoms in total. The van der Waals surface area contributed by atoms with E-state index in [2.05, 4.69) is 34.6 Å². The van der Waals surface area contributed by atoms with E-state index >= 15 is 0 Å². The van der Waals surface area contributed by atoms with Crippen LogP contribution < -0.4 is 9.80 Å². The van der Waals surface area contributed by atoms with Gasteiger partial charge in [-0.25, -0.2) is 19.9 Å². The van der Waals surface area contributed by atoms with E-state index in [9.17, 15) is 4.79 Å². The fourth-order valence-corrected chi connectivity index (χ4v) is 3.80. The molecule has 32 heavy (non-hydrogen) atoms. The van der Waals surface area contributed by atoms with Crippen LogP contribution >= 0.6 is 12.2 Å². The lowest BCUT2D eigenvalue weighted by molar-refractivity contribution is -0.129. The molecule has 172 valence electrons. The molecule has 2 aromatic heterocycles. The van der Waals surface area contributed by atoms with Crippen molar-refractivity contribution in [1.29, 1.82) is 0 Å². The van der Waals surface area contributed by atoms with Crippen LogP contribution in [0.2, 0.25) is 0 Å². The Hall–Kier alpha value is -2.88. The highest BCUT2D eigenvalue weighted by molar-refractivity contribution is 7.80. The molecule has 0 radical (unpaired) electrons. The smallest absolute Gasteiger partial charge is 0.225 e. The van der Waals surface area contributed by atoms with Gasteiger partial charge < -0.3 is 19.6 Å². The minimum atomic E-state index is 0.143. The molecule has 0 unspecified atom stereocenters. The maximum Gasteiger partial charge on any atom is 0.225 e. The second-order valence-corrected chi connectivity index (χ2v) is 8.57. The van der Waals surface area contributed by atoms with Crippen LogP contribution in [0.3, 0.4) is 0 Å². The lowest BCUT2D eigenvalue weighted by atomic mass is 10.3. The Morgan fingerprint density at radius 2 is 1.16 bits per heavy atom. The van der Waals surface area contributed by atoms with Crippen molar-refractivity contribution in [1.82, 2.24) is 29.7 Å². The molecule has 0 atom stereocenters. The fraction of sp³-hybridized carbons (Fsp3) is 0.545. The number of hydrogen-bond donors (Lipinski definition) is 0. The number of carbonyl (C=O) groups excluding carboxylic acids is 1. The standard InChI is InChI=1S/C11H16N4O.C11H16N4S/c2*1-9-3-4-12-11(13-9)15-7-5-14(6-8-15)10(2)16/h2*3-4H,5-8H2,1-2H3. The van der Waals surface area contributed by atoms with E-state index in [-0.39, 0.29) is 5.91 Å². The zero-order chi connectivity index (χ0) is 23.1. The summed E-state index contributed by atoms with van der Waals surface area (Å²) >= 11 is 5.17. The summed E-state index contributed by atoms with van der Waals surface area (Å²) in [6, 6.07) is 3.80.